The first-order valence-electron chi connectivity index (χ1n) is 6.81. The lowest BCUT2D eigenvalue weighted by molar-refractivity contribution is -0.120. The maximum Gasteiger partial charge on any atom is 0.239 e. The van der Waals surface area contributed by atoms with E-state index in [2.05, 4.69) is 26.0 Å². The summed E-state index contributed by atoms with van der Waals surface area (Å²) in [4.78, 5) is 20.2. The molecule has 0 aliphatic heterocycles. The summed E-state index contributed by atoms with van der Waals surface area (Å²) in [5.41, 5.74) is 2.19. The highest BCUT2D eigenvalue weighted by molar-refractivity contribution is 5.81. The molecule has 8 nitrogen and oxygen atoms in total. The van der Waals surface area contributed by atoms with Crippen LogP contribution in [0.2, 0.25) is 0 Å². The van der Waals surface area contributed by atoms with Crippen molar-refractivity contribution in [1.29, 1.82) is 0 Å². The van der Waals surface area contributed by atoms with Gasteiger partial charge in [-0.2, -0.15) is 0 Å². The van der Waals surface area contributed by atoms with Crippen LogP contribution in [0.15, 0.2) is 6.07 Å². The lowest BCUT2D eigenvalue weighted by atomic mass is 10.1. The van der Waals surface area contributed by atoms with Gasteiger partial charge in [0.15, 0.2) is 5.82 Å². The molecule has 8 heteroatoms. The van der Waals surface area contributed by atoms with E-state index in [0.717, 1.165) is 0 Å². The van der Waals surface area contributed by atoms with E-state index in [4.69, 9.17) is 10.6 Å². The Morgan fingerprint density at radius 3 is 2.57 bits per heavy atom. The molecule has 1 aromatic rings. The van der Waals surface area contributed by atoms with Crippen LogP contribution in [-0.2, 0) is 16.1 Å². The number of nitrogens with zero attached hydrogens (tertiary/aromatic N) is 2. The second kappa shape index (κ2) is 7.75. The Morgan fingerprint density at radius 2 is 2.00 bits per heavy atom. The Morgan fingerprint density at radius 1 is 1.33 bits per heavy atom. The van der Waals surface area contributed by atoms with Gasteiger partial charge in [0.1, 0.15) is 18.2 Å². The molecule has 1 heterocycles. The summed E-state index contributed by atoms with van der Waals surface area (Å²) in [5, 5.41) is 5.80. The van der Waals surface area contributed by atoms with E-state index in [1.165, 1.54) is 0 Å². The number of amides is 1. The Kier molecular flexibility index (Phi) is 6.32. The highest BCUT2D eigenvalue weighted by Gasteiger charge is 2.13. The molecule has 0 atom stereocenters. The third kappa shape index (κ3) is 6.87. The van der Waals surface area contributed by atoms with Crippen LogP contribution in [0.5, 0.6) is 0 Å². The lowest BCUT2D eigenvalue weighted by Gasteiger charge is -2.20. The van der Waals surface area contributed by atoms with Gasteiger partial charge in [0, 0.05) is 18.2 Å². The molecule has 0 radical (unpaired) electrons. The van der Waals surface area contributed by atoms with Crippen molar-refractivity contribution in [2.75, 3.05) is 23.9 Å². The smallest absolute Gasteiger partial charge is 0.239 e. The van der Waals surface area contributed by atoms with Crippen LogP contribution in [0.1, 0.15) is 33.5 Å². The molecule has 1 aromatic heterocycles. The first-order chi connectivity index (χ1) is 9.84. The molecule has 0 spiro atoms. The predicted molar refractivity (Wildman–Crippen MR) is 81.6 cm³/mol. The van der Waals surface area contributed by atoms with E-state index in [1.54, 1.807) is 6.07 Å². The number of anilines is 2. The normalized spacial score (nSPS) is 11.1. The standard InChI is InChI=1S/C13H24N6O2/c1-5-21-8-11-16-9(6-10(17-11)19-14)15-7-12(20)18-13(2,3)4/h6H,5,7-8,14H2,1-4H3,(H,18,20)(H2,15,16,17,19). The first-order valence-corrected chi connectivity index (χ1v) is 6.81. The van der Waals surface area contributed by atoms with E-state index in [9.17, 15) is 4.79 Å². The molecule has 0 bridgehead atoms. The summed E-state index contributed by atoms with van der Waals surface area (Å²) >= 11 is 0. The molecule has 1 rings (SSSR count). The maximum atomic E-state index is 11.8. The highest BCUT2D eigenvalue weighted by Crippen LogP contribution is 2.11. The number of aromatic nitrogens is 2. The summed E-state index contributed by atoms with van der Waals surface area (Å²) < 4.78 is 5.26. The van der Waals surface area contributed by atoms with Crippen molar-refractivity contribution in [3.8, 4) is 0 Å². The van der Waals surface area contributed by atoms with Crippen LogP contribution in [0.3, 0.4) is 0 Å². The zero-order valence-corrected chi connectivity index (χ0v) is 13.0. The van der Waals surface area contributed by atoms with Crippen molar-refractivity contribution < 1.29 is 9.53 Å². The number of nitrogens with two attached hydrogens (primary N) is 1. The Balaban J connectivity index is 2.67. The number of hydrazine groups is 1. The van der Waals surface area contributed by atoms with Gasteiger partial charge in [-0.15, -0.1) is 0 Å². The summed E-state index contributed by atoms with van der Waals surface area (Å²) in [5.74, 6) is 6.71. The van der Waals surface area contributed by atoms with E-state index < -0.39 is 0 Å². The second-order valence-corrected chi connectivity index (χ2v) is 5.49. The van der Waals surface area contributed by atoms with Crippen LogP contribution in [0.25, 0.3) is 0 Å². The SMILES string of the molecule is CCOCc1nc(NN)cc(NCC(=O)NC(C)(C)C)n1. The molecule has 0 saturated heterocycles. The summed E-state index contributed by atoms with van der Waals surface area (Å²) in [7, 11) is 0. The number of hydrogen-bond donors (Lipinski definition) is 4. The van der Waals surface area contributed by atoms with Gasteiger partial charge in [-0.05, 0) is 27.7 Å². The van der Waals surface area contributed by atoms with Crippen LogP contribution in [0, 0.1) is 0 Å². The van der Waals surface area contributed by atoms with Crippen molar-refractivity contribution in [1.82, 2.24) is 15.3 Å². The van der Waals surface area contributed by atoms with Crippen LogP contribution in [0.4, 0.5) is 11.6 Å². The number of rotatable bonds is 7. The molecule has 0 fully saturated rings. The van der Waals surface area contributed by atoms with Crippen molar-refractivity contribution >= 4 is 17.5 Å². The van der Waals surface area contributed by atoms with Gasteiger partial charge < -0.3 is 20.8 Å². The minimum atomic E-state index is -0.269. The Hall–Kier alpha value is -1.93. The molecular weight excluding hydrogens is 272 g/mol. The number of carbonyl (C=O) groups is 1. The topological polar surface area (TPSA) is 114 Å². The summed E-state index contributed by atoms with van der Waals surface area (Å²) in [6, 6.07) is 1.62. The molecule has 118 valence electrons. The fourth-order valence-electron chi connectivity index (χ4n) is 1.55. The number of nitrogens with one attached hydrogen (secondary N) is 3. The van der Waals surface area contributed by atoms with Gasteiger partial charge in [0.05, 0.1) is 6.54 Å². The lowest BCUT2D eigenvalue weighted by Crippen LogP contribution is -2.43. The first kappa shape index (κ1) is 17.1. The largest absolute Gasteiger partial charge is 0.374 e. The molecule has 21 heavy (non-hydrogen) atoms. The van der Waals surface area contributed by atoms with Gasteiger partial charge in [-0.3, -0.25) is 4.79 Å². The number of nitrogen functional groups attached to an aromatic ring is 1. The number of carbonyl (C=O) groups excluding carboxylic acids is 1. The van der Waals surface area contributed by atoms with Gasteiger partial charge in [0.2, 0.25) is 5.91 Å². The Bertz CT molecular complexity index is 472. The number of ether oxygens (including phenoxy) is 1. The minimum Gasteiger partial charge on any atom is -0.374 e. The average molecular weight is 296 g/mol. The summed E-state index contributed by atoms with van der Waals surface area (Å²) in [6.07, 6.45) is 0. The molecule has 0 aliphatic carbocycles. The van der Waals surface area contributed by atoms with Crippen molar-refractivity contribution in [2.45, 2.75) is 39.8 Å². The summed E-state index contributed by atoms with van der Waals surface area (Å²) in [6.45, 7) is 8.63. The monoisotopic (exact) mass is 296 g/mol. The average Bonchev–Trinajstić information content (AvgIpc) is 2.41. The molecular formula is C13H24N6O2. The van der Waals surface area contributed by atoms with E-state index in [-0.39, 0.29) is 24.6 Å². The van der Waals surface area contributed by atoms with Crippen LogP contribution < -0.4 is 21.9 Å². The zero-order valence-electron chi connectivity index (χ0n) is 13.0. The van der Waals surface area contributed by atoms with Crippen molar-refractivity contribution in [3.63, 3.8) is 0 Å². The van der Waals surface area contributed by atoms with E-state index in [1.807, 2.05) is 27.7 Å². The van der Waals surface area contributed by atoms with Crippen LogP contribution in [-0.4, -0.2) is 34.6 Å². The van der Waals surface area contributed by atoms with Gasteiger partial charge >= 0.3 is 0 Å². The van der Waals surface area contributed by atoms with E-state index >= 15 is 0 Å². The van der Waals surface area contributed by atoms with Gasteiger partial charge in [-0.1, -0.05) is 0 Å². The van der Waals surface area contributed by atoms with Gasteiger partial charge in [-0.25, -0.2) is 15.8 Å². The molecule has 0 saturated carbocycles. The van der Waals surface area contributed by atoms with E-state index in [0.29, 0.717) is 24.1 Å². The zero-order chi connectivity index (χ0) is 15.9. The quantitative estimate of drug-likeness (QED) is 0.431. The maximum absolute atomic E-state index is 11.8. The Labute approximate surface area is 124 Å². The molecule has 0 aliphatic rings. The molecule has 0 aromatic carbocycles. The van der Waals surface area contributed by atoms with Crippen LogP contribution >= 0.6 is 0 Å². The third-order valence-corrected chi connectivity index (χ3v) is 2.30. The van der Waals surface area contributed by atoms with Crippen molar-refractivity contribution in [2.24, 2.45) is 5.84 Å². The highest BCUT2D eigenvalue weighted by atomic mass is 16.5. The third-order valence-electron chi connectivity index (χ3n) is 2.30. The fraction of sp³-hybridized carbons (Fsp3) is 0.615. The molecule has 0 unspecified atom stereocenters. The minimum absolute atomic E-state index is 0.116. The molecule has 1 amide bonds. The molecule has 5 N–H and O–H groups in total. The van der Waals surface area contributed by atoms with Gasteiger partial charge in [0.25, 0.3) is 0 Å². The van der Waals surface area contributed by atoms with Crippen molar-refractivity contribution in [3.05, 3.63) is 11.9 Å². The fourth-order valence-corrected chi connectivity index (χ4v) is 1.55. The predicted octanol–water partition coefficient (Wildman–Crippen LogP) is 0.625. The second-order valence-electron chi connectivity index (χ2n) is 5.49. The number of hydrogen-bond acceptors (Lipinski definition) is 7.